The molecule has 0 bridgehead atoms. The van der Waals surface area contributed by atoms with E-state index in [1.807, 2.05) is 0 Å². The zero-order valence-electron chi connectivity index (χ0n) is 51.2. The molecule has 92 heavy (non-hydrogen) atoms. The molecule has 0 aliphatic rings. The molecule has 0 N–H and O–H groups in total. The van der Waals surface area contributed by atoms with Crippen LogP contribution < -0.4 is 63.7 Å². The second-order valence-electron chi connectivity index (χ2n) is 20.9. The SMILES string of the molecule is [Cu+].[Cu+].[N-]=[N+]=[N-].[N-]=[N+]=[N-].c1ccc([PH+](CC[PH+](c2ccccc2)c2ccccc2)c2ccccc2)cc1.c1ccc([PH+](CC[PH+](c2ccccc2)c2ccccc2)c2ccccc2)cc1.c1ccc([PH+](CC[PH+](c2ccccc2)c2ccccc2)c2ccccc2)cc1. The first-order chi connectivity index (χ1) is 44.6. The number of hydrogen-bond acceptors (Lipinski definition) is 0. The van der Waals surface area contributed by atoms with E-state index in [1.165, 1.54) is 110 Å². The first-order valence-electron chi connectivity index (χ1n) is 30.3. The molecule has 12 aromatic rings. The second kappa shape index (κ2) is 43.7. The Labute approximate surface area is 573 Å². The zero-order chi connectivity index (χ0) is 62.5. The minimum atomic E-state index is -0.783. The maximum absolute atomic E-state index is 6.75. The summed E-state index contributed by atoms with van der Waals surface area (Å²) in [4.78, 5) is 3.00. The third-order valence-electron chi connectivity index (χ3n) is 15.3. The average Bonchev–Trinajstić information content (AvgIpc) is 1.28. The van der Waals surface area contributed by atoms with Gasteiger partial charge in [-0.25, -0.2) is 0 Å². The number of nitrogens with zero attached hydrogens (tertiary/aromatic N) is 6. The van der Waals surface area contributed by atoms with Crippen LogP contribution in [0.1, 0.15) is 0 Å². The first kappa shape index (κ1) is 73.9. The molecular formula is C78H78Cu2N6P6+6. The van der Waals surface area contributed by atoms with Gasteiger partial charge >= 0.3 is 34.1 Å². The molecule has 0 saturated heterocycles. The fourth-order valence-corrected chi connectivity index (χ4v) is 29.8. The molecule has 0 amide bonds. The van der Waals surface area contributed by atoms with Crippen molar-refractivity contribution >= 4 is 111 Å². The Hall–Kier alpha value is -7.12. The van der Waals surface area contributed by atoms with Gasteiger partial charge in [-0.1, -0.05) is 218 Å². The third kappa shape index (κ3) is 24.1. The third-order valence-corrected chi connectivity index (χ3v) is 33.7. The van der Waals surface area contributed by atoms with E-state index in [4.69, 9.17) is 22.1 Å². The second-order valence-corrected chi connectivity index (χ2v) is 36.6. The van der Waals surface area contributed by atoms with Gasteiger partial charge in [-0.15, -0.1) is 0 Å². The van der Waals surface area contributed by atoms with Crippen molar-refractivity contribution in [1.29, 1.82) is 0 Å². The summed E-state index contributed by atoms with van der Waals surface area (Å²) in [5.41, 5.74) is 27.0. The topological polar surface area (TPSA) is 117 Å². The Morgan fingerprint density at radius 2 is 0.217 bits per heavy atom. The molecule has 12 rings (SSSR count). The van der Waals surface area contributed by atoms with Crippen LogP contribution in [0.15, 0.2) is 364 Å². The van der Waals surface area contributed by atoms with Crippen LogP contribution >= 0.6 is 47.5 Å². The predicted octanol–water partition coefficient (Wildman–Crippen LogP) is 15.9. The molecular weight excluding hydrogens is 1330 g/mol. The largest absolute Gasteiger partial charge is 1.00 e. The zero-order valence-corrected chi connectivity index (χ0v) is 59.1. The van der Waals surface area contributed by atoms with Gasteiger partial charge in [0.2, 0.25) is 0 Å². The van der Waals surface area contributed by atoms with Gasteiger partial charge in [-0.3, -0.25) is 9.82 Å². The molecule has 0 atom stereocenters. The molecule has 466 valence electrons. The monoisotopic (exact) mass is 1410 g/mol. The quantitative estimate of drug-likeness (QED) is 0.0224. The standard InChI is InChI=1S/3C26H24P2.2Cu.2N3/c3*1-5-13-23(14-6-1)27(24-15-7-2-8-16-24)21-22-28(25-17-9-3-10-18-25)26-19-11-4-12-20-26;;;2*1-3-2/h3*1-20H,21-22H2;;;;/q;;;2*+1;2*-1/p+6. The molecule has 0 aliphatic heterocycles. The Morgan fingerprint density at radius 1 is 0.152 bits per heavy atom. The number of rotatable bonds is 21. The summed E-state index contributed by atoms with van der Waals surface area (Å²) in [7, 11) is -4.70. The molecule has 6 nitrogen and oxygen atoms in total. The molecule has 0 aromatic heterocycles. The summed E-state index contributed by atoms with van der Waals surface area (Å²) in [6, 6.07) is 134. The van der Waals surface area contributed by atoms with Gasteiger partial charge in [0.05, 0.1) is 111 Å². The van der Waals surface area contributed by atoms with Crippen molar-refractivity contribution in [3.63, 3.8) is 0 Å². The number of benzene rings is 12. The van der Waals surface area contributed by atoms with Gasteiger partial charge < -0.3 is 22.1 Å². The maximum Gasteiger partial charge on any atom is 1.00 e. The normalized spacial score (nSPS) is 10.3. The van der Waals surface area contributed by atoms with Crippen molar-refractivity contribution in [2.75, 3.05) is 37.0 Å². The molecule has 0 radical (unpaired) electrons. The Bertz CT molecular complexity index is 3010. The van der Waals surface area contributed by atoms with Crippen LogP contribution in [0.3, 0.4) is 0 Å². The summed E-state index contributed by atoms with van der Waals surface area (Å²) >= 11 is 0. The van der Waals surface area contributed by atoms with Crippen LogP contribution in [0.25, 0.3) is 31.9 Å². The van der Waals surface area contributed by atoms with Crippen molar-refractivity contribution in [1.82, 2.24) is 0 Å². The minimum Gasteiger partial charge on any atom is -0.373 e. The van der Waals surface area contributed by atoms with Crippen LogP contribution in [-0.2, 0) is 34.1 Å². The van der Waals surface area contributed by atoms with E-state index >= 15 is 0 Å². The predicted molar refractivity (Wildman–Crippen MR) is 412 cm³/mol. The molecule has 14 heteroatoms. The Balaban J connectivity index is 0.000000208. The maximum atomic E-state index is 6.75. The van der Waals surface area contributed by atoms with Gasteiger partial charge in [-0.2, -0.15) is 0 Å². The van der Waals surface area contributed by atoms with E-state index in [1.54, 1.807) is 0 Å². The van der Waals surface area contributed by atoms with E-state index in [9.17, 15) is 0 Å². The van der Waals surface area contributed by atoms with Gasteiger partial charge in [0.1, 0.15) is 37.0 Å². The van der Waals surface area contributed by atoms with Crippen molar-refractivity contribution < 1.29 is 34.1 Å². The van der Waals surface area contributed by atoms with E-state index < -0.39 is 47.5 Å². The summed E-state index contributed by atoms with van der Waals surface area (Å²) in [5.74, 6) is 0. The summed E-state index contributed by atoms with van der Waals surface area (Å²) in [6.07, 6.45) is 7.56. The van der Waals surface area contributed by atoms with E-state index in [2.05, 4.69) is 364 Å². The van der Waals surface area contributed by atoms with E-state index in [0.717, 1.165) is 0 Å². The van der Waals surface area contributed by atoms with Crippen LogP contribution in [0.2, 0.25) is 0 Å². The van der Waals surface area contributed by atoms with E-state index in [-0.39, 0.29) is 34.1 Å². The summed E-state index contributed by atoms with van der Waals surface area (Å²) < 4.78 is 0. The van der Waals surface area contributed by atoms with Gasteiger partial charge in [0.25, 0.3) is 0 Å². The first-order valence-corrected chi connectivity index (χ1v) is 40.6. The fourth-order valence-electron chi connectivity index (χ4n) is 11.2. The molecule has 0 aliphatic carbocycles. The van der Waals surface area contributed by atoms with Crippen molar-refractivity contribution in [2.45, 2.75) is 0 Å². The summed E-state index contributed by atoms with van der Waals surface area (Å²) in [5, 5.41) is 18.2. The van der Waals surface area contributed by atoms with Crippen LogP contribution in [0, 0.1) is 0 Å². The Kier molecular flexibility index (Phi) is 35.1. The van der Waals surface area contributed by atoms with Crippen LogP contribution in [-0.4, -0.2) is 37.0 Å². The van der Waals surface area contributed by atoms with Crippen LogP contribution in [0.5, 0.6) is 0 Å². The van der Waals surface area contributed by atoms with E-state index in [0.29, 0.717) is 0 Å². The molecule has 0 unspecified atom stereocenters. The molecule has 12 aromatic carbocycles. The van der Waals surface area contributed by atoms with Crippen molar-refractivity contribution in [2.24, 2.45) is 0 Å². The molecule has 0 fully saturated rings. The van der Waals surface area contributed by atoms with Gasteiger partial charge in [-0.05, 0) is 146 Å². The Morgan fingerprint density at radius 3 is 0.283 bits per heavy atom. The van der Waals surface area contributed by atoms with Gasteiger partial charge in [0.15, 0.2) is 0 Å². The fraction of sp³-hybridized carbons (Fsp3) is 0.0769. The number of hydrogen-bond donors (Lipinski definition) is 0. The average molecular weight is 1410 g/mol. The van der Waals surface area contributed by atoms with Crippen molar-refractivity contribution in [3.8, 4) is 0 Å². The van der Waals surface area contributed by atoms with Gasteiger partial charge in [0, 0.05) is 0 Å². The van der Waals surface area contributed by atoms with Crippen LogP contribution in [0.4, 0.5) is 0 Å². The minimum absolute atomic E-state index is 0. The smallest absolute Gasteiger partial charge is 0.373 e. The molecule has 0 heterocycles. The van der Waals surface area contributed by atoms with Crippen molar-refractivity contribution in [3.05, 3.63) is 396 Å². The summed E-state index contributed by atoms with van der Waals surface area (Å²) in [6.45, 7) is 0. The molecule has 0 saturated carbocycles. The molecule has 0 spiro atoms.